The lowest BCUT2D eigenvalue weighted by Crippen LogP contribution is -2.38. The molecule has 0 spiro atoms. The monoisotopic (exact) mass is 294 g/mol. The highest BCUT2D eigenvalue weighted by Gasteiger charge is 2.25. The van der Waals surface area contributed by atoms with Crippen molar-refractivity contribution >= 4 is 16.6 Å². The molecule has 0 bridgehead atoms. The topological polar surface area (TPSA) is 38.5 Å². The van der Waals surface area contributed by atoms with Gasteiger partial charge in [0.1, 0.15) is 11.9 Å². The zero-order valence-corrected chi connectivity index (χ0v) is 12.5. The van der Waals surface area contributed by atoms with Crippen LogP contribution in [0.4, 0.5) is 5.69 Å². The van der Waals surface area contributed by atoms with Gasteiger partial charge in [0.15, 0.2) is 0 Å². The number of aryl methyl sites for hydroxylation is 1. The Morgan fingerprint density at radius 3 is 3.00 bits per heavy atom. The molecule has 1 aromatic carbocycles. The van der Waals surface area contributed by atoms with Crippen molar-refractivity contribution in [2.75, 3.05) is 24.6 Å². The molecule has 0 N–H and O–H groups in total. The number of aromatic nitrogens is 1. The number of rotatable bonds is 2. The third-order valence-electron chi connectivity index (χ3n) is 4.22. The van der Waals surface area contributed by atoms with Gasteiger partial charge in [0.2, 0.25) is 0 Å². The predicted octanol–water partition coefficient (Wildman–Crippen LogP) is 3.71. The van der Waals surface area contributed by atoms with Crippen LogP contribution in [0.15, 0.2) is 53.3 Å². The third-order valence-corrected chi connectivity index (χ3v) is 4.22. The van der Waals surface area contributed by atoms with E-state index in [9.17, 15) is 0 Å². The van der Waals surface area contributed by atoms with Crippen LogP contribution >= 0.6 is 0 Å². The normalized spacial score (nSPS) is 18.8. The summed E-state index contributed by atoms with van der Waals surface area (Å²) in [4.78, 5) is 6.89. The first-order chi connectivity index (χ1) is 10.8. The molecule has 4 heteroatoms. The predicted molar refractivity (Wildman–Crippen MR) is 86.1 cm³/mol. The maximum Gasteiger partial charge on any atom is 0.134 e. The van der Waals surface area contributed by atoms with Crippen molar-refractivity contribution in [3.8, 4) is 0 Å². The molecule has 4 rings (SSSR count). The summed E-state index contributed by atoms with van der Waals surface area (Å²) < 4.78 is 11.4. The summed E-state index contributed by atoms with van der Waals surface area (Å²) in [6.07, 6.45) is 3.57. The van der Waals surface area contributed by atoms with Gasteiger partial charge in [-0.2, -0.15) is 0 Å². The van der Waals surface area contributed by atoms with Crippen LogP contribution < -0.4 is 4.90 Å². The number of benzene rings is 1. The van der Waals surface area contributed by atoms with E-state index in [0.29, 0.717) is 6.61 Å². The summed E-state index contributed by atoms with van der Waals surface area (Å²) in [7, 11) is 0. The number of anilines is 1. The molecule has 0 aliphatic carbocycles. The summed E-state index contributed by atoms with van der Waals surface area (Å²) in [6, 6.07) is 12.3. The van der Waals surface area contributed by atoms with Crippen molar-refractivity contribution < 1.29 is 9.15 Å². The molecule has 0 saturated carbocycles. The van der Waals surface area contributed by atoms with Gasteiger partial charge < -0.3 is 14.1 Å². The Bertz CT molecular complexity index is 783. The van der Waals surface area contributed by atoms with E-state index in [1.54, 1.807) is 6.26 Å². The molecule has 3 heterocycles. The van der Waals surface area contributed by atoms with Gasteiger partial charge in [0, 0.05) is 23.8 Å². The van der Waals surface area contributed by atoms with Crippen LogP contribution in [0.5, 0.6) is 0 Å². The summed E-state index contributed by atoms with van der Waals surface area (Å²) in [5.74, 6) is 0.888. The first-order valence-corrected chi connectivity index (χ1v) is 7.57. The van der Waals surface area contributed by atoms with E-state index in [4.69, 9.17) is 9.15 Å². The first kappa shape index (κ1) is 13.3. The summed E-state index contributed by atoms with van der Waals surface area (Å²) in [6.45, 7) is 4.47. The molecule has 2 aromatic heterocycles. The third kappa shape index (κ3) is 2.25. The Kier molecular flexibility index (Phi) is 3.31. The zero-order chi connectivity index (χ0) is 14.9. The van der Waals surface area contributed by atoms with Gasteiger partial charge in [-0.3, -0.25) is 4.98 Å². The van der Waals surface area contributed by atoms with E-state index in [1.165, 1.54) is 16.6 Å². The van der Waals surface area contributed by atoms with Crippen LogP contribution in [0, 0.1) is 6.92 Å². The number of para-hydroxylation sites is 1. The highest BCUT2D eigenvalue weighted by atomic mass is 16.5. The van der Waals surface area contributed by atoms with Crippen LogP contribution in [-0.4, -0.2) is 24.7 Å². The molecule has 112 valence electrons. The van der Waals surface area contributed by atoms with Gasteiger partial charge in [-0.25, -0.2) is 0 Å². The maximum atomic E-state index is 5.86. The molecule has 4 nitrogen and oxygen atoms in total. The zero-order valence-electron chi connectivity index (χ0n) is 12.5. The average molecular weight is 294 g/mol. The van der Waals surface area contributed by atoms with Crippen LogP contribution in [0.25, 0.3) is 10.9 Å². The molecule has 0 amide bonds. The van der Waals surface area contributed by atoms with Crippen molar-refractivity contribution in [1.29, 1.82) is 0 Å². The van der Waals surface area contributed by atoms with Crippen molar-refractivity contribution in [3.63, 3.8) is 0 Å². The number of morpholine rings is 1. The van der Waals surface area contributed by atoms with E-state index in [-0.39, 0.29) is 6.10 Å². The van der Waals surface area contributed by atoms with E-state index >= 15 is 0 Å². The molecule has 1 aliphatic heterocycles. The summed E-state index contributed by atoms with van der Waals surface area (Å²) >= 11 is 0. The van der Waals surface area contributed by atoms with E-state index < -0.39 is 0 Å². The largest absolute Gasteiger partial charge is 0.467 e. The lowest BCUT2D eigenvalue weighted by atomic mass is 10.1. The molecular weight excluding hydrogens is 276 g/mol. The Balaban J connectivity index is 1.71. The second kappa shape index (κ2) is 5.46. The summed E-state index contributed by atoms with van der Waals surface area (Å²) in [5.41, 5.74) is 3.49. The van der Waals surface area contributed by atoms with Gasteiger partial charge in [-0.1, -0.05) is 18.2 Å². The first-order valence-electron chi connectivity index (χ1n) is 7.57. The van der Waals surface area contributed by atoms with Crippen molar-refractivity contribution in [1.82, 2.24) is 4.98 Å². The fourth-order valence-corrected chi connectivity index (χ4v) is 3.10. The lowest BCUT2D eigenvalue weighted by Gasteiger charge is -2.34. The van der Waals surface area contributed by atoms with E-state index in [2.05, 4.69) is 41.1 Å². The Labute approximate surface area is 129 Å². The Hall–Kier alpha value is -2.33. The van der Waals surface area contributed by atoms with Crippen LogP contribution in [0.1, 0.15) is 17.4 Å². The highest BCUT2D eigenvalue weighted by Crippen LogP contribution is 2.31. The van der Waals surface area contributed by atoms with Crippen molar-refractivity contribution in [2.45, 2.75) is 13.0 Å². The van der Waals surface area contributed by atoms with Gasteiger partial charge >= 0.3 is 0 Å². The number of pyridine rings is 1. The maximum absolute atomic E-state index is 5.86. The molecule has 1 fully saturated rings. The molecule has 22 heavy (non-hydrogen) atoms. The smallest absolute Gasteiger partial charge is 0.134 e. The number of fused-ring (bicyclic) bond motifs is 1. The van der Waals surface area contributed by atoms with Gasteiger partial charge in [-0.15, -0.1) is 0 Å². The highest BCUT2D eigenvalue weighted by molar-refractivity contribution is 5.93. The molecule has 0 radical (unpaired) electrons. The molecule has 1 saturated heterocycles. The average Bonchev–Trinajstić information content (AvgIpc) is 3.09. The minimum atomic E-state index is -0.0169. The number of furan rings is 1. The van der Waals surface area contributed by atoms with Crippen LogP contribution in [-0.2, 0) is 4.74 Å². The van der Waals surface area contributed by atoms with Crippen LogP contribution in [0.3, 0.4) is 0 Å². The van der Waals surface area contributed by atoms with E-state index in [1.807, 2.05) is 18.3 Å². The molecule has 1 aliphatic rings. The standard InChI is InChI=1S/C18H18N2O2/c1-13-4-2-5-14-15(7-8-19-18(13)14)20-9-11-22-17(12-20)16-6-3-10-21-16/h2-8,10,17H,9,11-12H2,1H3. The molecule has 1 atom stereocenters. The van der Waals surface area contributed by atoms with Gasteiger partial charge in [0.25, 0.3) is 0 Å². The van der Waals surface area contributed by atoms with Gasteiger partial charge in [-0.05, 0) is 30.7 Å². The summed E-state index contributed by atoms with van der Waals surface area (Å²) in [5, 5.41) is 1.20. The molecular formula is C18H18N2O2. The number of ether oxygens (including phenoxy) is 1. The second-order valence-electron chi connectivity index (χ2n) is 5.62. The molecule has 1 unspecified atom stereocenters. The number of nitrogens with zero attached hydrogens (tertiary/aromatic N) is 2. The van der Waals surface area contributed by atoms with Crippen LogP contribution in [0.2, 0.25) is 0 Å². The van der Waals surface area contributed by atoms with Gasteiger partial charge in [0.05, 0.1) is 24.9 Å². The fraction of sp³-hybridized carbons (Fsp3) is 0.278. The lowest BCUT2D eigenvalue weighted by molar-refractivity contribution is 0.0258. The number of hydrogen-bond donors (Lipinski definition) is 0. The second-order valence-corrected chi connectivity index (χ2v) is 5.62. The Morgan fingerprint density at radius 2 is 2.14 bits per heavy atom. The van der Waals surface area contributed by atoms with E-state index in [0.717, 1.165) is 24.4 Å². The van der Waals surface area contributed by atoms with Crippen molar-refractivity contribution in [2.24, 2.45) is 0 Å². The number of hydrogen-bond acceptors (Lipinski definition) is 4. The quantitative estimate of drug-likeness (QED) is 0.722. The SMILES string of the molecule is Cc1cccc2c(N3CCOC(c4ccco4)C3)ccnc12. The fourth-order valence-electron chi connectivity index (χ4n) is 3.10. The minimum Gasteiger partial charge on any atom is -0.467 e. The Morgan fingerprint density at radius 1 is 1.18 bits per heavy atom. The van der Waals surface area contributed by atoms with Crippen molar-refractivity contribution in [3.05, 3.63) is 60.2 Å². The minimum absolute atomic E-state index is 0.0169. The molecule has 3 aromatic rings.